The molecule has 0 bridgehead atoms. The normalized spacial score (nSPS) is 17.2. The second-order valence-corrected chi connectivity index (χ2v) is 6.59. The van der Waals surface area contributed by atoms with Gasteiger partial charge in [-0.3, -0.25) is 9.59 Å². The highest BCUT2D eigenvalue weighted by Crippen LogP contribution is 2.28. The first-order chi connectivity index (χ1) is 11.6. The maximum Gasteiger partial charge on any atom is 0.242 e. The minimum Gasteiger partial charge on any atom is -0.396 e. The predicted molar refractivity (Wildman–Crippen MR) is 93.5 cm³/mol. The second-order valence-electron chi connectivity index (χ2n) is 6.59. The minimum absolute atomic E-state index is 0.0710. The number of aliphatic hydroxyl groups excluding tert-OH is 1. The van der Waals surface area contributed by atoms with Crippen molar-refractivity contribution in [1.29, 1.82) is 0 Å². The molecule has 1 saturated carbocycles. The summed E-state index contributed by atoms with van der Waals surface area (Å²) in [6, 6.07) is 9.44. The van der Waals surface area contributed by atoms with E-state index in [9.17, 15) is 14.7 Å². The van der Waals surface area contributed by atoms with Gasteiger partial charge in [-0.25, -0.2) is 0 Å². The van der Waals surface area contributed by atoms with Gasteiger partial charge in [-0.05, 0) is 30.7 Å². The molecule has 5 heteroatoms. The van der Waals surface area contributed by atoms with E-state index in [1.165, 1.54) is 6.92 Å². The first-order valence-corrected chi connectivity index (χ1v) is 8.82. The number of aliphatic hydroxyl groups is 1. The largest absolute Gasteiger partial charge is 0.396 e. The molecule has 1 aromatic rings. The molecule has 24 heavy (non-hydrogen) atoms. The molecule has 0 spiro atoms. The summed E-state index contributed by atoms with van der Waals surface area (Å²) in [6.45, 7) is 1.99. The number of hydrogen-bond acceptors (Lipinski definition) is 3. The van der Waals surface area contributed by atoms with Crippen molar-refractivity contribution in [1.82, 2.24) is 10.6 Å². The van der Waals surface area contributed by atoms with Crippen LogP contribution >= 0.6 is 0 Å². The summed E-state index contributed by atoms with van der Waals surface area (Å²) in [4.78, 5) is 24.1. The lowest BCUT2D eigenvalue weighted by molar-refractivity contribution is -0.129. The molecular weight excluding hydrogens is 304 g/mol. The SMILES string of the molecule is CC(=O)NC(C(=O)NCC(CCO)c1ccccc1)C1CCCC1. The topological polar surface area (TPSA) is 78.4 Å². The van der Waals surface area contributed by atoms with Gasteiger partial charge >= 0.3 is 0 Å². The molecule has 0 heterocycles. The smallest absolute Gasteiger partial charge is 0.242 e. The van der Waals surface area contributed by atoms with Gasteiger partial charge < -0.3 is 15.7 Å². The Morgan fingerprint density at radius 3 is 2.46 bits per heavy atom. The van der Waals surface area contributed by atoms with Crippen LogP contribution in [0.1, 0.15) is 50.5 Å². The predicted octanol–water partition coefficient (Wildman–Crippen LogP) is 1.96. The number of hydrogen-bond donors (Lipinski definition) is 3. The molecule has 3 N–H and O–H groups in total. The minimum atomic E-state index is -0.449. The Bertz CT molecular complexity index is 527. The fraction of sp³-hybridized carbons (Fsp3) is 0.579. The summed E-state index contributed by atoms with van der Waals surface area (Å²) in [6.07, 6.45) is 4.79. The Morgan fingerprint density at radius 2 is 1.88 bits per heavy atom. The lowest BCUT2D eigenvalue weighted by atomic mass is 9.94. The van der Waals surface area contributed by atoms with Crippen molar-refractivity contribution in [3.8, 4) is 0 Å². The van der Waals surface area contributed by atoms with Crippen molar-refractivity contribution in [3.05, 3.63) is 35.9 Å². The van der Waals surface area contributed by atoms with Crippen LogP contribution in [0.4, 0.5) is 0 Å². The van der Waals surface area contributed by atoms with Gasteiger partial charge in [0.25, 0.3) is 0 Å². The summed E-state index contributed by atoms with van der Waals surface area (Å²) in [5.41, 5.74) is 1.10. The molecule has 5 nitrogen and oxygen atoms in total. The van der Waals surface area contributed by atoms with Crippen LogP contribution in [0, 0.1) is 5.92 Å². The van der Waals surface area contributed by atoms with Crippen LogP contribution in [0.3, 0.4) is 0 Å². The van der Waals surface area contributed by atoms with E-state index in [4.69, 9.17) is 0 Å². The Hall–Kier alpha value is -1.88. The first-order valence-electron chi connectivity index (χ1n) is 8.82. The molecule has 2 unspecified atom stereocenters. The monoisotopic (exact) mass is 332 g/mol. The maximum atomic E-state index is 12.6. The number of benzene rings is 1. The molecule has 0 radical (unpaired) electrons. The van der Waals surface area contributed by atoms with E-state index in [2.05, 4.69) is 10.6 Å². The summed E-state index contributed by atoms with van der Waals surface area (Å²) >= 11 is 0. The number of carbonyl (C=O) groups is 2. The van der Waals surface area contributed by atoms with E-state index in [0.717, 1.165) is 31.2 Å². The number of carbonyl (C=O) groups excluding carboxylic acids is 2. The van der Waals surface area contributed by atoms with Crippen molar-refractivity contribution in [2.45, 2.75) is 51.0 Å². The van der Waals surface area contributed by atoms with Crippen LogP contribution in [0.5, 0.6) is 0 Å². The molecule has 0 aromatic heterocycles. The van der Waals surface area contributed by atoms with Crippen molar-refractivity contribution in [3.63, 3.8) is 0 Å². The third-order valence-electron chi connectivity index (χ3n) is 4.78. The van der Waals surface area contributed by atoms with Crippen LogP contribution in [0.25, 0.3) is 0 Å². The molecular formula is C19H28N2O3. The quantitative estimate of drug-likeness (QED) is 0.681. The van der Waals surface area contributed by atoms with Crippen LogP contribution in [-0.2, 0) is 9.59 Å². The zero-order chi connectivity index (χ0) is 17.4. The number of amides is 2. The van der Waals surface area contributed by atoms with Crippen molar-refractivity contribution in [2.75, 3.05) is 13.2 Å². The number of rotatable bonds is 8. The fourth-order valence-corrected chi connectivity index (χ4v) is 3.51. The van der Waals surface area contributed by atoms with E-state index in [0.29, 0.717) is 13.0 Å². The molecule has 2 amide bonds. The molecule has 0 aliphatic heterocycles. The van der Waals surface area contributed by atoms with E-state index in [1.807, 2.05) is 30.3 Å². The van der Waals surface area contributed by atoms with Crippen LogP contribution in [0.2, 0.25) is 0 Å². The second kappa shape index (κ2) is 9.42. The molecule has 2 rings (SSSR count). The summed E-state index contributed by atoms with van der Waals surface area (Å²) in [5.74, 6) is 0.0108. The van der Waals surface area contributed by atoms with Crippen LogP contribution in [0.15, 0.2) is 30.3 Å². The third-order valence-corrected chi connectivity index (χ3v) is 4.78. The van der Waals surface area contributed by atoms with Gasteiger partial charge in [-0.2, -0.15) is 0 Å². The molecule has 1 aromatic carbocycles. The Labute approximate surface area is 143 Å². The zero-order valence-electron chi connectivity index (χ0n) is 14.3. The van der Waals surface area contributed by atoms with Gasteiger partial charge in [-0.15, -0.1) is 0 Å². The summed E-state index contributed by atoms with van der Waals surface area (Å²) in [5, 5.41) is 15.1. The van der Waals surface area contributed by atoms with E-state index in [1.54, 1.807) is 0 Å². The highest BCUT2D eigenvalue weighted by Gasteiger charge is 2.31. The maximum absolute atomic E-state index is 12.6. The molecule has 1 fully saturated rings. The molecule has 0 saturated heterocycles. The first kappa shape index (κ1) is 18.5. The molecule has 132 valence electrons. The van der Waals surface area contributed by atoms with E-state index in [-0.39, 0.29) is 30.3 Å². The van der Waals surface area contributed by atoms with Gasteiger partial charge in [-0.1, -0.05) is 43.2 Å². The van der Waals surface area contributed by atoms with Gasteiger partial charge in [0.15, 0.2) is 0 Å². The van der Waals surface area contributed by atoms with E-state index < -0.39 is 6.04 Å². The average Bonchev–Trinajstić information content (AvgIpc) is 3.11. The Morgan fingerprint density at radius 1 is 1.21 bits per heavy atom. The summed E-state index contributed by atoms with van der Waals surface area (Å²) < 4.78 is 0. The average molecular weight is 332 g/mol. The number of nitrogens with one attached hydrogen (secondary N) is 2. The molecule has 2 atom stereocenters. The Kier molecular flexibility index (Phi) is 7.25. The van der Waals surface area contributed by atoms with Crippen molar-refractivity contribution >= 4 is 11.8 Å². The highest BCUT2D eigenvalue weighted by atomic mass is 16.3. The van der Waals surface area contributed by atoms with Crippen LogP contribution < -0.4 is 10.6 Å². The molecule has 1 aliphatic rings. The molecule has 1 aliphatic carbocycles. The fourth-order valence-electron chi connectivity index (χ4n) is 3.51. The summed E-state index contributed by atoms with van der Waals surface area (Å²) in [7, 11) is 0. The van der Waals surface area contributed by atoms with Crippen molar-refractivity contribution in [2.24, 2.45) is 5.92 Å². The zero-order valence-corrected chi connectivity index (χ0v) is 14.3. The standard InChI is InChI=1S/C19H28N2O3/c1-14(23)21-18(16-9-5-6-10-16)19(24)20-13-17(11-12-22)15-7-3-2-4-8-15/h2-4,7-8,16-18,22H,5-6,9-13H2,1H3,(H,20,24)(H,21,23). The Balaban J connectivity index is 1.98. The highest BCUT2D eigenvalue weighted by molar-refractivity contribution is 5.87. The van der Waals surface area contributed by atoms with E-state index >= 15 is 0 Å². The lowest BCUT2D eigenvalue weighted by Gasteiger charge is -2.25. The lowest BCUT2D eigenvalue weighted by Crippen LogP contribution is -2.50. The van der Waals surface area contributed by atoms with Gasteiger partial charge in [0.1, 0.15) is 6.04 Å². The van der Waals surface area contributed by atoms with Gasteiger partial charge in [0, 0.05) is 26.0 Å². The van der Waals surface area contributed by atoms with Crippen molar-refractivity contribution < 1.29 is 14.7 Å². The van der Waals surface area contributed by atoms with Crippen LogP contribution in [-0.4, -0.2) is 36.1 Å². The van der Waals surface area contributed by atoms with Gasteiger partial charge in [0.05, 0.1) is 0 Å². The third kappa shape index (κ3) is 5.34. The van der Waals surface area contributed by atoms with Gasteiger partial charge in [0.2, 0.25) is 11.8 Å².